The molecule has 1 saturated heterocycles. The molecule has 1 aromatic heterocycles. The average Bonchev–Trinajstić information content (AvgIpc) is 3.51. The molecule has 0 saturated carbocycles. The summed E-state index contributed by atoms with van der Waals surface area (Å²) >= 11 is 0. The highest BCUT2D eigenvalue weighted by atomic mass is 16.7. The van der Waals surface area contributed by atoms with Gasteiger partial charge in [0.2, 0.25) is 6.79 Å². The van der Waals surface area contributed by atoms with Crippen LogP contribution in [0.25, 0.3) is 21.8 Å². The monoisotopic (exact) mass is 457 g/mol. The first-order valence-electron chi connectivity index (χ1n) is 11.8. The number of hydrogen-bond acceptors (Lipinski definition) is 5. The Labute approximate surface area is 197 Å². The summed E-state index contributed by atoms with van der Waals surface area (Å²) in [5, 5.41) is 2.34. The van der Waals surface area contributed by atoms with E-state index in [4.69, 9.17) is 14.2 Å². The molecule has 4 aromatic rings. The van der Waals surface area contributed by atoms with Gasteiger partial charge in [0.1, 0.15) is 5.75 Å². The Balaban J connectivity index is 1.00. The molecule has 3 aromatic carbocycles. The summed E-state index contributed by atoms with van der Waals surface area (Å²) in [5.74, 6) is 2.32. The van der Waals surface area contributed by atoms with Gasteiger partial charge in [0, 0.05) is 54.6 Å². The first kappa shape index (κ1) is 20.9. The quantitative estimate of drug-likeness (QED) is 0.438. The van der Waals surface area contributed by atoms with Crippen LogP contribution in [-0.2, 0) is 0 Å². The number of benzene rings is 3. The van der Waals surface area contributed by atoms with Crippen molar-refractivity contribution in [1.82, 2.24) is 14.8 Å². The zero-order valence-electron chi connectivity index (χ0n) is 19.0. The fourth-order valence-electron chi connectivity index (χ4n) is 4.85. The molecule has 0 unspecified atom stereocenters. The standard InChI is InChI=1S/C27H27N3O4/c31-27(19-9-10-23-25(17-19)34-18-33-23)30-14-12-29(13-15-30)11-4-16-32-24-8-3-7-22-26(24)20-5-1-2-6-21(20)28-22/h1-3,5-10,17,28H,4,11-16,18H2. The number of nitrogens with zero attached hydrogens (tertiary/aromatic N) is 2. The highest BCUT2D eigenvalue weighted by Crippen LogP contribution is 2.34. The fraction of sp³-hybridized carbons (Fsp3) is 0.296. The third-order valence-corrected chi connectivity index (χ3v) is 6.65. The highest BCUT2D eigenvalue weighted by Gasteiger charge is 2.24. The van der Waals surface area contributed by atoms with E-state index >= 15 is 0 Å². The Morgan fingerprint density at radius 3 is 2.65 bits per heavy atom. The van der Waals surface area contributed by atoms with Gasteiger partial charge in [0.05, 0.1) is 12.1 Å². The van der Waals surface area contributed by atoms with Crippen LogP contribution in [0.3, 0.4) is 0 Å². The van der Waals surface area contributed by atoms with Gasteiger partial charge in [-0.05, 0) is 42.8 Å². The molecule has 2 aliphatic heterocycles. The third kappa shape index (κ3) is 3.92. The van der Waals surface area contributed by atoms with E-state index in [2.05, 4.69) is 34.1 Å². The van der Waals surface area contributed by atoms with Crippen molar-refractivity contribution in [1.29, 1.82) is 0 Å². The van der Waals surface area contributed by atoms with Crippen LogP contribution >= 0.6 is 0 Å². The second kappa shape index (κ2) is 8.91. The van der Waals surface area contributed by atoms with Crippen molar-refractivity contribution >= 4 is 27.7 Å². The van der Waals surface area contributed by atoms with Crippen molar-refractivity contribution in [2.45, 2.75) is 6.42 Å². The number of H-pyrrole nitrogens is 1. The van der Waals surface area contributed by atoms with Crippen molar-refractivity contribution in [3.05, 3.63) is 66.2 Å². The van der Waals surface area contributed by atoms with E-state index in [9.17, 15) is 4.79 Å². The van der Waals surface area contributed by atoms with Crippen molar-refractivity contribution < 1.29 is 19.0 Å². The number of aromatic nitrogens is 1. The Hall–Kier alpha value is -3.71. The number of carbonyl (C=O) groups is 1. The van der Waals surface area contributed by atoms with Crippen molar-refractivity contribution in [2.24, 2.45) is 0 Å². The molecule has 3 heterocycles. The SMILES string of the molecule is O=C(c1ccc2c(c1)OCO2)N1CCN(CCCOc2cccc3[nH]c4ccccc4c23)CC1. The third-order valence-electron chi connectivity index (χ3n) is 6.65. The van der Waals surface area contributed by atoms with Crippen molar-refractivity contribution in [3.63, 3.8) is 0 Å². The van der Waals surface area contributed by atoms with Gasteiger partial charge in [0.25, 0.3) is 5.91 Å². The van der Waals surface area contributed by atoms with Gasteiger partial charge in [-0.15, -0.1) is 0 Å². The minimum absolute atomic E-state index is 0.0492. The molecule has 1 N–H and O–H groups in total. The van der Waals surface area contributed by atoms with Gasteiger partial charge < -0.3 is 24.1 Å². The normalized spacial score (nSPS) is 15.8. The molecule has 2 aliphatic rings. The fourth-order valence-corrected chi connectivity index (χ4v) is 4.85. The van der Waals surface area contributed by atoms with Crippen LogP contribution in [0.5, 0.6) is 17.2 Å². The number of nitrogens with one attached hydrogen (secondary N) is 1. The minimum atomic E-state index is 0.0492. The lowest BCUT2D eigenvalue weighted by Gasteiger charge is -2.34. The zero-order chi connectivity index (χ0) is 22.9. The summed E-state index contributed by atoms with van der Waals surface area (Å²) in [4.78, 5) is 20.7. The number of fused-ring (bicyclic) bond motifs is 4. The molecule has 34 heavy (non-hydrogen) atoms. The molecule has 1 amide bonds. The number of piperazine rings is 1. The predicted molar refractivity (Wildman–Crippen MR) is 131 cm³/mol. The van der Waals surface area contributed by atoms with Gasteiger partial charge in [-0.3, -0.25) is 9.69 Å². The number of rotatable bonds is 6. The molecule has 0 spiro atoms. The number of hydrogen-bond donors (Lipinski definition) is 1. The lowest BCUT2D eigenvalue weighted by molar-refractivity contribution is 0.0630. The molecule has 0 bridgehead atoms. The smallest absolute Gasteiger partial charge is 0.254 e. The summed E-state index contributed by atoms with van der Waals surface area (Å²) in [6.45, 7) is 5.02. The summed E-state index contributed by atoms with van der Waals surface area (Å²) < 4.78 is 16.9. The molecular formula is C27H27N3O4. The lowest BCUT2D eigenvalue weighted by atomic mass is 10.1. The molecule has 1 fully saturated rings. The van der Waals surface area contributed by atoms with Crippen LogP contribution in [-0.4, -0.2) is 66.8 Å². The van der Waals surface area contributed by atoms with Crippen molar-refractivity contribution in [2.75, 3.05) is 46.1 Å². The van der Waals surface area contributed by atoms with Gasteiger partial charge in [-0.25, -0.2) is 0 Å². The number of amides is 1. The van der Waals surface area contributed by atoms with E-state index in [-0.39, 0.29) is 12.7 Å². The first-order chi connectivity index (χ1) is 16.8. The molecule has 0 aliphatic carbocycles. The van der Waals surface area contributed by atoms with Crippen LogP contribution in [0.15, 0.2) is 60.7 Å². The zero-order valence-corrected chi connectivity index (χ0v) is 19.0. The van der Waals surface area contributed by atoms with Gasteiger partial charge >= 0.3 is 0 Å². The number of para-hydroxylation sites is 1. The topological polar surface area (TPSA) is 67.0 Å². The lowest BCUT2D eigenvalue weighted by Crippen LogP contribution is -2.49. The maximum atomic E-state index is 12.9. The van der Waals surface area contributed by atoms with Crippen LogP contribution in [0.1, 0.15) is 16.8 Å². The van der Waals surface area contributed by atoms with E-state index in [1.165, 1.54) is 5.39 Å². The molecule has 0 radical (unpaired) electrons. The Bertz CT molecular complexity index is 1340. The summed E-state index contributed by atoms with van der Waals surface area (Å²) in [6.07, 6.45) is 0.939. The van der Waals surface area contributed by atoms with E-state index < -0.39 is 0 Å². The summed E-state index contributed by atoms with van der Waals surface area (Å²) in [5.41, 5.74) is 2.88. The Kier molecular flexibility index (Phi) is 5.47. The predicted octanol–water partition coefficient (Wildman–Crippen LogP) is 4.28. The largest absolute Gasteiger partial charge is 0.493 e. The van der Waals surface area contributed by atoms with E-state index in [0.717, 1.165) is 61.3 Å². The summed E-state index contributed by atoms with van der Waals surface area (Å²) in [7, 11) is 0. The van der Waals surface area contributed by atoms with Gasteiger partial charge in [-0.2, -0.15) is 0 Å². The van der Waals surface area contributed by atoms with Crippen LogP contribution in [0.2, 0.25) is 0 Å². The number of aromatic amines is 1. The maximum Gasteiger partial charge on any atom is 0.254 e. The molecule has 174 valence electrons. The maximum absolute atomic E-state index is 12.9. The minimum Gasteiger partial charge on any atom is -0.493 e. The summed E-state index contributed by atoms with van der Waals surface area (Å²) in [6, 6.07) is 19.9. The molecule has 7 nitrogen and oxygen atoms in total. The molecule has 7 heteroatoms. The molecule has 0 atom stereocenters. The molecule has 6 rings (SSSR count). The van der Waals surface area contributed by atoms with Crippen LogP contribution in [0.4, 0.5) is 0 Å². The van der Waals surface area contributed by atoms with Crippen LogP contribution in [0, 0.1) is 0 Å². The van der Waals surface area contributed by atoms with Gasteiger partial charge in [0.15, 0.2) is 11.5 Å². The number of carbonyl (C=O) groups excluding carboxylic acids is 1. The molecular weight excluding hydrogens is 430 g/mol. The first-order valence-corrected chi connectivity index (χ1v) is 11.8. The van der Waals surface area contributed by atoms with Crippen molar-refractivity contribution in [3.8, 4) is 17.2 Å². The van der Waals surface area contributed by atoms with Crippen LogP contribution < -0.4 is 14.2 Å². The highest BCUT2D eigenvalue weighted by molar-refractivity contribution is 6.10. The second-order valence-corrected chi connectivity index (χ2v) is 8.75. The van der Waals surface area contributed by atoms with E-state index in [1.54, 1.807) is 6.07 Å². The van der Waals surface area contributed by atoms with Gasteiger partial charge in [-0.1, -0.05) is 24.3 Å². The van der Waals surface area contributed by atoms with E-state index in [1.807, 2.05) is 35.2 Å². The Morgan fingerprint density at radius 2 is 1.74 bits per heavy atom. The average molecular weight is 458 g/mol. The Morgan fingerprint density at radius 1 is 0.912 bits per heavy atom. The van der Waals surface area contributed by atoms with E-state index in [0.29, 0.717) is 23.7 Å². The second-order valence-electron chi connectivity index (χ2n) is 8.75. The number of ether oxygens (including phenoxy) is 3.